The lowest BCUT2D eigenvalue weighted by Gasteiger charge is -1.69. The van der Waals surface area contributed by atoms with Gasteiger partial charge in [0.2, 0.25) is 0 Å². The van der Waals surface area contributed by atoms with Gasteiger partial charge in [0, 0.05) is 0 Å². The van der Waals surface area contributed by atoms with Gasteiger partial charge in [-0.1, -0.05) is 0 Å². The second-order valence-electron chi connectivity index (χ2n) is 1.32. The second-order valence-corrected chi connectivity index (χ2v) is 2.54. The normalized spacial score (nSPS) is 17.1. The fraction of sp³-hybridized carbons (Fsp3) is 1.00. The molecule has 0 atom stereocenters. The topological polar surface area (TPSA) is 0 Å². The Kier molecular flexibility index (Phi) is 10.7. The van der Waals surface area contributed by atoms with E-state index in [-0.39, 0.29) is 24.8 Å². The number of hydrogen-bond donors (Lipinski definition) is 0. The average Bonchev–Trinajstić information content (AvgIpc) is 1.76. The van der Waals surface area contributed by atoms with Crippen LogP contribution in [0, 0.1) is 0 Å². The minimum absolute atomic E-state index is 0. The third-order valence-corrected chi connectivity index (χ3v) is 1.98. The van der Waals surface area contributed by atoms with Gasteiger partial charge >= 0.3 is 0 Å². The summed E-state index contributed by atoms with van der Waals surface area (Å²) in [5.41, 5.74) is 0. The van der Waals surface area contributed by atoms with E-state index in [4.69, 9.17) is 0 Å². The van der Waals surface area contributed by atoms with Crippen molar-refractivity contribution < 1.29 is 0 Å². The van der Waals surface area contributed by atoms with E-state index in [0.29, 0.717) is 0 Å². The van der Waals surface area contributed by atoms with Crippen molar-refractivity contribution in [2.24, 2.45) is 0 Å². The first-order valence-corrected chi connectivity index (χ1v) is 3.23. The van der Waals surface area contributed by atoms with E-state index in [1.165, 1.54) is 24.3 Å². The zero-order valence-corrected chi connectivity index (χ0v) is 6.50. The Morgan fingerprint density at radius 2 is 1.29 bits per heavy atom. The van der Waals surface area contributed by atoms with Gasteiger partial charge in [0.05, 0.1) is 0 Å². The van der Waals surface area contributed by atoms with Crippen LogP contribution in [0.1, 0.15) is 12.8 Å². The summed E-state index contributed by atoms with van der Waals surface area (Å²) in [6.45, 7) is 0. The zero-order valence-electron chi connectivity index (χ0n) is 4.05. The number of halogens is 2. The van der Waals surface area contributed by atoms with E-state index < -0.39 is 0 Å². The number of hydrogen-bond acceptors (Lipinski definition) is 1. The first-order chi connectivity index (χ1) is 2.50. The van der Waals surface area contributed by atoms with Crippen LogP contribution in [0.3, 0.4) is 0 Å². The van der Waals surface area contributed by atoms with Crippen LogP contribution < -0.4 is 0 Å². The third-order valence-electron chi connectivity index (χ3n) is 0.827. The number of rotatable bonds is 0. The largest absolute Gasteiger partial charge is 0.162 e. The van der Waals surface area contributed by atoms with Crippen molar-refractivity contribution >= 4 is 36.6 Å². The average molecular weight is 161 g/mol. The SMILES string of the molecule is C1CCSC1.Cl.Cl. The molecule has 0 nitrogen and oxygen atoms in total. The predicted molar refractivity (Wildman–Crippen MR) is 41.1 cm³/mol. The summed E-state index contributed by atoms with van der Waals surface area (Å²) < 4.78 is 0. The van der Waals surface area contributed by atoms with E-state index >= 15 is 0 Å². The Bertz CT molecular complexity index is 21.3. The van der Waals surface area contributed by atoms with Crippen molar-refractivity contribution in [3.05, 3.63) is 0 Å². The quantitative estimate of drug-likeness (QED) is 0.525. The molecule has 1 fully saturated rings. The lowest BCUT2D eigenvalue weighted by atomic mass is 10.4. The maximum absolute atomic E-state index is 2.07. The maximum Gasteiger partial charge on any atom is -0.00672 e. The molecule has 0 amide bonds. The Morgan fingerprint density at radius 1 is 0.857 bits per heavy atom. The van der Waals surface area contributed by atoms with Crippen molar-refractivity contribution in [3.8, 4) is 0 Å². The van der Waals surface area contributed by atoms with Crippen molar-refractivity contribution in [2.75, 3.05) is 11.5 Å². The molecule has 1 rings (SSSR count). The molecular formula is C4H10Cl2S. The van der Waals surface area contributed by atoms with E-state index in [9.17, 15) is 0 Å². The summed E-state index contributed by atoms with van der Waals surface area (Å²) in [6, 6.07) is 0. The van der Waals surface area contributed by atoms with Gasteiger partial charge in [-0.3, -0.25) is 0 Å². The van der Waals surface area contributed by atoms with Crippen molar-refractivity contribution in [3.63, 3.8) is 0 Å². The van der Waals surface area contributed by atoms with Crippen LogP contribution in [-0.4, -0.2) is 11.5 Å². The minimum atomic E-state index is 0. The molecule has 0 unspecified atom stereocenters. The molecule has 0 aromatic rings. The highest BCUT2D eigenvalue weighted by Gasteiger charge is 1.95. The first kappa shape index (κ1) is 10.8. The smallest absolute Gasteiger partial charge is 0.00672 e. The molecule has 1 heterocycles. The van der Waals surface area contributed by atoms with Crippen molar-refractivity contribution in [1.29, 1.82) is 0 Å². The molecule has 1 aliphatic heterocycles. The van der Waals surface area contributed by atoms with Crippen LogP contribution >= 0.6 is 36.6 Å². The van der Waals surface area contributed by atoms with Crippen LogP contribution in [0.15, 0.2) is 0 Å². The summed E-state index contributed by atoms with van der Waals surface area (Å²) in [5, 5.41) is 0. The molecule has 7 heavy (non-hydrogen) atoms. The molecular weight excluding hydrogens is 151 g/mol. The Hall–Kier alpha value is 0.930. The Labute approximate surface area is 61.3 Å². The van der Waals surface area contributed by atoms with Crippen LogP contribution in [-0.2, 0) is 0 Å². The van der Waals surface area contributed by atoms with Gasteiger partial charge in [-0.15, -0.1) is 24.8 Å². The summed E-state index contributed by atoms with van der Waals surface area (Å²) in [4.78, 5) is 0. The highest BCUT2D eigenvalue weighted by molar-refractivity contribution is 7.99. The van der Waals surface area contributed by atoms with Crippen LogP contribution in [0.2, 0.25) is 0 Å². The van der Waals surface area contributed by atoms with E-state index in [1.807, 2.05) is 0 Å². The van der Waals surface area contributed by atoms with Crippen molar-refractivity contribution in [2.45, 2.75) is 12.8 Å². The highest BCUT2D eigenvalue weighted by Crippen LogP contribution is 2.14. The van der Waals surface area contributed by atoms with Crippen LogP contribution in [0.25, 0.3) is 0 Å². The zero-order chi connectivity index (χ0) is 3.54. The van der Waals surface area contributed by atoms with E-state index in [2.05, 4.69) is 11.8 Å². The van der Waals surface area contributed by atoms with Crippen LogP contribution in [0.5, 0.6) is 0 Å². The molecule has 1 saturated heterocycles. The van der Waals surface area contributed by atoms with Gasteiger partial charge in [-0.25, -0.2) is 0 Å². The van der Waals surface area contributed by atoms with Crippen molar-refractivity contribution in [1.82, 2.24) is 0 Å². The molecule has 0 N–H and O–H groups in total. The fourth-order valence-electron chi connectivity index (χ4n) is 0.510. The lowest BCUT2D eigenvalue weighted by Crippen LogP contribution is -1.58. The molecule has 0 aromatic heterocycles. The highest BCUT2D eigenvalue weighted by atomic mass is 35.5. The summed E-state index contributed by atoms with van der Waals surface area (Å²) >= 11 is 2.07. The monoisotopic (exact) mass is 160 g/mol. The lowest BCUT2D eigenvalue weighted by molar-refractivity contribution is 0.949. The van der Waals surface area contributed by atoms with E-state index in [0.717, 1.165) is 0 Å². The molecule has 46 valence electrons. The van der Waals surface area contributed by atoms with Gasteiger partial charge in [0.1, 0.15) is 0 Å². The molecule has 0 aromatic carbocycles. The Balaban J connectivity index is 0. The van der Waals surface area contributed by atoms with Gasteiger partial charge < -0.3 is 0 Å². The molecule has 0 spiro atoms. The molecule has 0 bridgehead atoms. The minimum Gasteiger partial charge on any atom is -0.162 e. The molecule has 0 radical (unpaired) electrons. The molecule has 0 saturated carbocycles. The standard InChI is InChI=1S/C4H8S.2ClH/c1-2-4-5-3-1;;/h1-4H2;2*1H. The van der Waals surface area contributed by atoms with Gasteiger partial charge in [-0.05, 0) is 24.3 Å². The Morgan fingerprint density at radius 3 is 1.43 bits per heavy atom. The summed E-state index contributed by atoms with van der Waals surface area (Å²) in [6.07, 6.45) is 2.93. The van der Waals surface area contributed by atoms with E-state index in [1.54, 1.807) is 0 Å². The maximum atomic E-state index is 2.07. The predicted octanol–water partition coefficient (Wildman–Crippen LogP) is 2.36. The van der Waals surface area contributed by atoms with Crippen LogP contribution in [0.4, 0.5) is 0 Å². The van der Waals surface area contributed by atoms with Gasteiger partial charge in [-0.2, -0.15) is 11.8 Å². The molecule has 3 heteroatoms. The summed E-state index contributed by atoms with van der Waals surface area (Å²) in [7, 11) is 0. The third kappa shape index (κ3) is 4.79. The van der Waals surface area contributed by atoms with Gasteiger partial charge in [0.25, 0.3) is 0 Å². The fourth-order valence-corrected chi connectivity index (χ4v) is 1.53. The first-order valence-electron chi connectivity index (χ1n) is 2.08. The molecule has 0 aliphatic carbocycles. The second kappa shape index (κ2) is 6.93. The summed E-state index contributed by atoms with van der Waals surface area (Å²) in [5.74, 6) is 2.83. The van der Waals surface area contributed by atoms with Gasteiger partial charge in [0.15, 0.2) is 0 Å². The number of thioether (sulfide) groups is 1. The molecule has 1 aliphatic rings.